The SMILES string of the molecule is N#CCSc1nnc(Cc2csc(NC(=O)c3ccccc3)n2)n1NC(=O)c1ccc(Cl)cc1. The maximum absolute atomic E-state index is 12.7. The summed E-state index contributed by atoms with van der Waals surface area (Å²) in [5.41, 5.74) is 4.34. The van der Waals surface area contributed by atoms with Gasteiger partial charge in [-0.2, -0.15) is 5.26 Å². The van der Waals surface area contributed by atoms with Crippen molar-refractivity contribution in [1.29, 1.82) is 5.26 Å². The fraction of sp³-hybridized carbons (Fsp3) is 0.0909. The van der Waals surface area contributed by atoms with Crippen molar-refractivity contribution in [3.05, 3.63) is 87.6 Å². The number of halogens is 1. The highest BCUT2D eigenvalue weighted by Crippen LogP contribution is 2.21. The van der Waals surface area contributed by atoms with Crippen molar-refractivity contribution >= 4 is 51.6 Å². The highest BCUT2D eigenvalue weighted by molar-refractivity contribution is 7.99. The Hall–Kier alpha value is -3.72. The van der Waals surface area contributed by atoms with E-state index in [1.165, 1.54) is 16.0 Å². The third-order valence-electron chi connectivity index (χ3n) is 4.43. The van der Waals surface area contributed by atoms with Crippen molar-refractivity contribution in [2.75, 3.05) is 16.5 Å². The van der Waals surface area contributed by atoms with Crippen LogP contribution < -0.4 is 10.7 Å². The highest BCUT2D eigenvalue weighted by Gasteiger charge is 2.18. The lowest BCUT2D eigenvalue weighted by Crippen LogP contribution is -2.25. The van der Waals surface area contributed by atoms with Crippen LogP contribution in [0.5, 0.6) is 0 Å². The number of aromatic nitrogens is 4. The molecule has 170 valence electrons. The van der Waals surface area contributed by atoms with Crippen LogP contribution >= 0.6 is 34.7 Å². The van der Waals surface area contributed by atoms with Gasteiger partial charge in [0.25, 0.3) is 11.8 Å². The molecule has 12 heteroatoms. The van der Waals surface area contributed by atoms with Crippen molar-refractivity contribution < 1.29 is 9.59 Å². The summed E-state index contributed by atoms with van der Waals surface area (Å²) in [6.45, 7) is 0. The summed E-state index contributed by atoms with van der Waals surface area (Å²) >= 11 is 8.33. The number of amides is 2. The number of anilines is 1. The van der Waals surface area contributed by atoms with Crippen molar-refractivity contribution in [2.24, 2.45) is 0 Å². The van der Waals surface area contributed by atoms with Crippen LogP contribution in [-0.4, -0.2) is 37.4 Å². The zero-order chi connectivity index (χ0) is 23.9. The molecule has 2 aromatic carbocycles. The third-order valence-corrected chi connectivity index (χ3v) is 6.29. The van der Waals surface area contributed by atoms with Crippen LogP contribution in [0.4, 0.5) is 5.13 Å². The molecule has 0 atom stereocenters. The van der Waals surface area contributed by atoms with Gasteiger partial charge in [-0.3, -0.25) is 20.3 Å². The van der Waals surface area contributed by atoms with Crippen LogP contribution in [0.3, 0.4) is 0 Å². The summed E-state index contributed by atoms with van der Waals surface area (Å²) in [5.74, 6) is -0.0731. The number of carbonyl (C=O) groups excluding carboxylic acids is 2. The zero-order valence-electron chi connectivity index (χ0n) is 17.4. The lowest BCUT2D eigenvalue weighted by molar-refractivity contribution is 0.100. The number of nitriles is 1. The Bertz CT molecular complexity index is 1350. The minimum absolute atomic E-state index is 0.140. The fourth-order valence-corrected chi connectivity index (χ4v) is 4.25. The van der Waals surface area contributed by atoms with E-state index in [4.69, 9.17) is 16.9 Å². The van der Waals surface area contributed by atoms with E-state index in [1.54, 1.807) is 53.9 Å². The number of thioether (sulfide) groups is 1. The molecule has 34 heavy (non-hydrogen) atoms. The van der Waals surface area contributed by atoms with Gasteiger partial charge in [-0.25, -0.2) is 9.66 Å². The van der Waals surface area contributed by atoms with Crippen molar-refractivity contribution in [3.8, 4) is 6.07 Å². The Kier molecular flexibility index (Phi) is 7.54. The van der Waals surface area contributed by atoms with E-state index in [0.29, 0.717) is 38.0 Å². The first-order valence-electron chi connectivity index (χ1n) is 9.85. The monoisotopic (exact) mass is 509 g/mol. The van der Waals surface area contributed by atoms with E-state index in [9.17, 15) is 9.59 Å². The van der Waals surface area contributed by atoms with Crippen LogP contribution in [0.15, 0.2) is 65.1 Å². The summed E-state index contributed by atoms with van der Waals surface area (Å²) in [7, 11) is 0. The molecule has 0 aliphatic heterocycles. The predicted octanol–water partition coefficient (Wildman–Crippen LogP) is 4.23. The molecule has 2 amide bonds. The first-order chi connectivity index (χ1) is 16.5. The van der Waals surface area contributed by atoms with Gasteiger partial charge in [0.05, 0.1) is 23.9 Å². The minimum atomic E-state index is -0.384. The van der Waals surface area contributed by atoms with E-state index < -0.39 is 0 Å². The Labute approximate surface area is 207 Å². The maximum atomic E-state index is 12.7. The van der Waals surface area contributed by atoms with Crippen LogP contribution in [-0.2, 0) is 6.42 Å². The van der Waals surface area contributed by atoms with E-state index in [1.807, 2.05) is 12.1 Å². The quantitative estimate of drug-likeness (QED) is 0.340. The molecule has 0 unspecified atom stereocenters. The number of nitrogens with zero attached hydrogens (tertiary/aromatic N) is 5. The summed E-state index contributed by atoms with van der Waals surface area (Å²) < 4.78 is 1.44. The molecule has 0 bridgehead atoms. The number of rotatable bonds is 8. The predicted molar refractivity (Wildman–Crippen MR) is 131 cm³/mol. The number of benzene rings is 2. The van der Waals surface area contributed by atoms with E-state index >= 15 is 0 Å². The van der Waals surface area contributed by atoms with Crippen molar-refractivity contribution in [1.82, 2.24) is 19.9 Å². The molecule has 2 aromatic heterocycles. The van der Waals surface area contributed by atoms with Gasteiger partial charge >= 0.3 is 0 Å². The largest absolute Gasteiger partial charge is 0.298 e. The van der Waals surface area contributed by atoms with Gasteiger partial charge in [-0.1, -0.05) is 41.6 Å². The van der Waals surface area contributed by atoms with Crippen LogP contribution in [0.2, 0.25) is 5.02 Å². The Morgan fingerprint density at radius 3 is 2.53 bits per heavy atom. The van der Waals surface area contributed by atoms with E-state index in [0.717, 1.165) is 11.8 Å². The summed E-state index contributed by atoms with van der Waals surface area (Å²) in [6.07, 6.45) is 0.249. The molecule has 0 saturated heterocycles. The van der Waals surface area contributed by atoms with Gasteiger partial charge in [0.1, 0.15) is 0 Å². The molecule has 2 N–H and O–H groups in total. The van der Waals surface area contributed by atoms with Crippen LogP contribution in [0.25, 0.3) is 0 Å². The lowest BCUT2D eigenvalue weighted by Gasteiger charge is -2.11. The fourth-order valence-electron chi connectivity index (χ4n) is 2.85. The second-order valence-electron chi connectivity index (χ2n) is 6.77. The normalized spacial score (nSPS) is 10.5. The molecule has 9 nitrogen and oxygen atoms in total. The van der Waals surface area contributed by atoms with E-state index in [2.05, 4.69) is 25.9 Å². The molecule has 0 saturated carbocycles. The molecule has 4 aromatic rings. The zero-order valence-corrected chi connectivity index (χ0v) is 19.8. The summed E-state index contributed by atoms with van der Waals surface area (Å²) in [6, 6.07) is 17.3. The van der Waals surface area contributed by atoms with Crippen molar-refractivity contribution in [3.63, 3.8) is 0 Å². The molecule has 0 aliphatic rings. The second kappa shape index (κ2) is 10.9. The molecule has 0 fully saturated rings. The number of thiazole rings is 1. The minimum Gasteiger partial charge on any atom is -0.298 e. The Morgan fingerprint density at radius 2 is 1.79 bits per heavy atom. The van der Waals surface area contributed by atoms with Gasteiger partial charge in [0.15, 0.2) is 11.0 Å². The molecule has 2 heterocycles. The smallest absolute Gasteiger partial charge is 0.270 e. The summed E-state index contributed by atoms with van der Waals surface area (Å²) in [5, 5.41) is 23.1. The second-order valence-corrected chi connectivity index (χ2v) is 9.01. The summed E-state index contributed by atoms with van der Waals surface area (Å²) in [4.78, 5) is 29.6. The number of carbonyl (C=O) groups is 2. The van der Waals surface area contributed by atoms with Crippen molar-refractivity contribution in [2.45, 2.75) is 11.6 Å². The lowest BCUT2D eigenvalue weighted by atomic mass is 10.2. The average molecular weight is 510 g/mol. The number of hydrogen-bond donors (Lipinski definition) is 2. The molecule has 4 rings (SSSR count). The molecule has 0 radical (unpaired) electrons. The molecule has 0 aliphatic carbocycles. The van der Waals surface area contributed by atoms with E-state index in [-0.39, 0.29) is 24.0 Å². The molecule has 0 spiro atoms. The van der Waals surface area contributed by atoms with Gasteiger partial charge < -0.3 is 0 Å². The first kappa shape index (κ1) is 23.4. The molecular formula is C22H16ClN7O2S2. The third kappa shape index (κ3) is 5.79. The van der Waals surface area contributed by atoms with Gasteiger partial charge in [0.2, 0.25) is 5.16 Å². The van der Waals surface area contributed by atoms with Gasteiger partial charge in [-0.05, 0) is 36.4 Å². The Balaban J connectivity index is 1.51. The topological polar surface area (TPSA) is 126 Å². The standard InChI is InChI=1S/C22H16ClN7O2S2/c23-16-8-6-15(7-9-16)20(32)29-30-18(27-28-22(30)33-11-10-24)12-17-13-34-21(25-17)26-19(31)14-4-2-1-3-5-14/h1-9,13H,11-12H2,(H,29,32)(H,25,26,31). The van der Waals surface area contributed by atoms with Crippen LogP contribution in [0, 0.1) is 11.3 Å². The van der Waals surface area contributed by atoms with Gasteiger partial charge in [0, 0.05) is 21.5 Å². The molecular weight excluding hydrogens is 494 g/mol. The first-order valence-corrected chi connectivity index (χ1v) is 12.1. The Morgan fingerprint density at radius 1 is 1.06 bits per heavy atom. The maximum Gasteiger partial charge on any atom is 0.270 e. The highest BCUT2D eigenvalue weighted by atomic mass is 35.5. The van der Waals surface area contributed by atoms with Gasteiger partial charge in [-0.15, -0.1) is 21.5 Å². The average Bonchev–Trinajstić information content (AvgIpc) is 3.45. The number of hydrogen-bond acceptors (Lipinski definition) is 8. The van der Waals surface area contributed by atoms with Crippen LogP contribution in [0.1, 0.15) is 32.2 Å². The number of nitrogens with one attached hydrogen (secondary N) is 2.